The molecule has 0 aromatic heterocycles. The second kappa shape index (κ2) is 20.9. The quantitative estimate of drug-likeness (QED) is 0.0824. The lowest BCUT2D eigenvalue weighted by Crippen LogP contribution is -2.04. The molecule has 0 amide bonds. The zero-order valence-corrected chi connectivity index (χ0v) is 31.2. The van der Waals surface area contributed by atoms with E-state index in [-0.39, 0.29) is 11.8 Å². The first-order valence-corrected chi connectivity index (χ1v) is 19.7. The molecule has 2 N–H and O–H groups in total. The Kier molecular flexibility index (Phi) is 16.3. The van der Waals surface area contributed by atoms with Crippen molar-refractivity contribution in [2.45, 2.75) is 149 Å². The van der Waals surface area contributed by atoms with Gasteiger partial charge in [0.25, 0.3) is 0 Å². The van der Waals surface area contributed by atoms with Gasteiger partial charge in [-0.25, -0.2) is 0 Å². The van der Waals surface area contributed by atoms with Gasteiger partial charge in [-0.2, -0.15) is 0 Å². The molecule has 2 nitrogen and oxygen atoms in total. The lowest BCUT2D eigenvalue weighted by atomic mass is 9.85. The summed E-state index contributed by atoms with van der Waals surface area (Å²) >= 11 is 0. The van der Waals surface area contributed by atoms with E-state index in [9.17, 15) is 10.2 Å². The van der Waals surface area contributed by atoms with E-state index in [1.165, 1.54) is 99.3 Å². The lowest BCUT2D eigenvalue weighted by molar-refractivity contribution is 0.453. The molecule has 2 heteroatoms. The van der Waals surface area contributed by atoms with E-state index < -0.39 is 0 Å². The summed E-state index contributed by atoms with van der Waals surface area (Å²) in [7, 11) is 0. The second-order valence-corrected chi connectivity index (χ2v) is 14.6. The molecule has 4 aromatic rings. The Bertz CT molecular complexity index is 1390. The number of phenolic OH excluding ortho intramolecular Hbond substituents is 2. The summed E-state index contributed by atoms with van der Waals surface area (Å²) < 4.78 is 0. The van der Waals surface area contributed by atoms with Crippen molar-refractivity contribution in [1.82, 2.24) is 0 Å². The van der Waals surface area contributed by atoms with Crippen LogP contribution in [0.4, 0.5) is 0 Å². The van der Waals surface area contributed by atoms with Gasteiger partial charge in [-0.1, -0.05) is 190 Å². The van der Waals surface area contributed by atoms with Gasteiger partial charge in [0.1, 0.15) is 11.5 Å². The SMILES string of the molecule is CCCCCCCCCc1cc(Cc2cc(CCCCCCCCC)cc(C(C)c3ccccc3)c2O)c(O)c(C(C)c2ccccc2)c1. The molecule has 0 saturated carbocycles. The minimum Gasteiger partial charge on any atom is -0.507 e. The second-order valence-electron chi connectivity index (χ2n) is 14.6. The van der Waals surface area contributed by atoms with Gasteiger partial charge in [-0.05, 0) is 59.1 Å². The van der Waals surface area contributed by atoms with Gasteiger partial charge in [0.05, 0.1) is 0 Å². The fraction of sp³-hybridized carbons (Fsp3) is 0.489. The molecule has 0 fully saturated rings. The topological polar surface area (TPSA) is 40.5 Å². The predicted octanol–water partition coefficient (Wildman–Crippen LogP) is 13.6. The van der Waals surface area contributed by atoms with E-state index in [1.54, 1.807) is 0 Å². The molecule has 0 bridgehead atoms. The predicted molar refractivity (Wildman–Crippen MR) is 210 cm³/mol. The fourth-order valence-electron chi connectivity index (χ4n) is 7.41. The number of hydrogen-bond acceptors (Lipinski definition) is 2. The molecule has 0 spiro atoms. The zero-order valence-electron chi connectivity index (χ0n) is 31.2. The molecule has 2 unspecified atom stereocenters. The number of unbranched alkanes of at least 4 members (excludes halogenated alkanes) is 12. The van der Waals surface area contributed by atoms with Crippen molar-refractivity contribution < 1.29 is 10.2 Å². The molecular formula is C47H64O2. The van der Waals surface area contributed by atoms with E-state index in [2.05, 4.69) is 113 Å². The molecule has 264 valence electrons. The van der Waals surface area contributed by atoms with Crippen molar-refractivity contribution in [1.29, 1.82) is 0 Å². The third-order valence-electron chi connectivity index (χ3n) is 10.6. The van der Waals surface area contributed by atoms with Crippen LogP contribution in [0.5, 0.6) is 11.5 Å². The summed E-state index contributed by atoms with van der Waals surface area (Å²) in [5, 5.41) is 23.8. The summed E-state index contributed by atoms with van der Waals surface area (Å²) in [6, 6.07) is 30.0. The van der Waals surface area contributed by atoms with Crippen LogP contribution in [0.25, 0.3) is 0 Å². The highest BCUT2D eigenvalue weighted by atomic mass is 16.3. The third-order valence-corrected chi connectivity index (χ3v) is 10.6. The average molecular weight is 661 g/mol. The molecule has 2 atom stereocenters. The van der Waals surface area contributed by atoms with Crippen molar-refractivity contribution in [3.8, 4) is 11.5 Å². The highest BCUT2D eigenvalue weighted by Gasteiger charge is 2.21. The first-order chi connectivity index (χ1) is 23.9. The summed E-state index contributed by atoms with van der Waals surface area (Å²) in [5.74, 6) is 0.878. The third kappa shape index (κ3) is 11.8. The molecule has 0 aliphatic heterocycles. The highest BCUT2D eigenvalue weighted by Crippen LogP contribution is 2.40. The molecule has 4 rings (SSSR count). The maximum atomic E-state index is 11.9. The number of aryl methyl sites for hydroxylation is 2. The van der Waals surface area contributed by atoms with Gasteiger partial charge in [0.15, 0.2) is 0 Å². The van der Waals surface area contributed by atoms with Gasteiger partial charge < -0.3 is 10.2 Å². The average Bonchev–Trinajstić information content (AvgIpc) is 3.13. The zero-order chi connectivity index (χ0) is 34.8. The Hall–Kier alpha value is -3.52. The first-order valence-electron chi connectivity index (χ1n) is 19.7. The molecular weight excluding hydrogens is 597 g/mol. The minimum absolute atomic E-state index is 0.0693. The van der Waals surface area contributed by atoms with Gasteiger partial charge in [0.2, 0.25) is 0 Å². The van der Waals surface area contributed by atoms with E-state index in [1.807, 2.05) is 0 Å². The summed E-state index contributed by atoms with van der Waals surface area (Å²) in [5.41, 5.74) is 8.79. The van der Waals surface area contributed by atoms with E-state index >= 15 is 0 Å². The van der Waals surface area contributed by atoms with Crippen LogP contribution in [-0.4, -0.2) is 10.2 Å². The van der Waals surface area contributed by atoms with Gasteiger partial charge in [-0.3, -0.25) is 0 Å². The molecule has 0 saturated heterocycles. The van der Waals surface area contributed by atoms with Crippen LogP contribution in [0.15, 0.2) is 84.9 Å². The van der Waals surface area contributed by atoms with Gasteiger partial charge in [-0.15, -0.1) is 0 Å². The summed E-state index contributed by atoms with van der Waals surface area (Å²) in [4.78, 5) is 0. The Labute approximate surface area is 299 Å². The number of aromatic hydroxyl groups is 2. The standard InChI is InChI=1S/C47H64O2/c1-5-7-9-11-13-15-19-25-38-31-42(46(48)44(33-38)36(3)40-27-21-17-22-28-40)35-43-32-39(26-20-16-14-12-10-8-6-2)34-45(47(43)49)37(4)41-29-23-18-24-30-41/h17-18,21-24,27-34,36-37,48-49H,5-16,19-20,25-26,35H2,1-4H3. The maximum absolute atomic E-state index is 11.9. The van der Waals surface area contributed by atoms with Crippen LogP contribution >= 0.6 is 0 Å². The largest absolute Gasteiger partial charge is 0.507 e. The van der Waals surface area contributed by atoms with Crippen LogP contribution in [0, 0.1) is 0 Å². The molecule has 0 heterocycles. The first kappa shape index (κ1) is 38.3. The Morgan fingerprint density at radius 3 is 1.16 bits per heavy atom. The molecule has 0 aliphatic rings. The molecule has 0 aliphatic carbocycles. The molecule has 49 heavy (non-hydrogen) atoms. The Morgan fingerprint density at radius 1 is 0.449 bits per heavy atom. The maximum Gasteiger partial charge on any atom is 0.122 e. The number of benzene rings is 4. The van der Waals surface area contributed by atoms with Crippen molar-refractivity contribution in [2.75, 3.05) is 0 Å². The Morgan fingerprint density at radius 2 is 0.796 bits per heavy atom. The smallest absolute Gasteiger partial charge is 0.122 e. The Balaban J connectivity index is 1.64. The number of phenols is 2. The fourth-order valence-corrected chi connectivity index (χ4v) is 7.41. The van der Waals surface area contributed by atoms with Crippen molar-refractivity contribution in [3.05, 3.63) is 129 Å². The summed E-state index contributed by atoms with van der Waals surface area (Å²) in [6.45, 7) is 8.94. The van der Waals surface area contributed by atoms with E-state index in [0.717, 1.165) is 47.9 Å². The van der Waals surface area contributed by atoms with Gasteiger partial charge >= 0.3 is 0 Å². The van der Waals surface area contributed by atoms with Crippen LogP contribution in [0.1, 0.15) is 174 Å². The van der Waals surface area contributed by atoms with E-state index in [0.29, 0.717) is 17.9 Å². The van der Waals surface area contributed by atoms with Crippen LogP contribution in [-0.2, 0) is 19.3 Å². The number of hydrogen-bond donors (Lipinski definition) is 2. The van der Waals surface area contributed by atoms with Gasteiger partial charge in [0, 0.05) is 29.4 Å². The lowest BCUT2D eigenvalue weighted by Gasteiger charge is -2.21. The van der Waals surface area contributed by atoms with E-state index in [4.69, 9.17) is 0 Å². The van der Waals surface area contributed by atoms with Crippen molar-refractivity contribution in [3.63, 3.8) is 0 Å². The van der Waals surface area contributed by atoms with Crippen LogP contribution in [0.3, 0.4) is 0 Å². The monoisotopic (exact) mass is 660 g/mol. The van der Waals surface area contributed by atoms with Crippen molar-refractivity contribution >= 4 is 0 Å². The normalized spacial score (nSPS) is 12.7. The highest BCUT2D eigenvalue weighted by molar-refractivity contribution is 5.54. The van der Waals surface area contributed by atoms with Crippen molar-refractivity contribution in [2.24, 2.45) is 0 Å². The van der Waals surface area contributed by atoms with Crippen LogP contribution < -0.4 is 0 Å². The molecule has 4 aromatic carbocycles. The number of rotatable bonds is 22. The summed E-state index contributed by atoms with van der Waals surface area (Å²) in [6.07, 6.45) is 20.5. The molecule has 0 radical (unpaired) electrons. The minimum atomic E-state index is 0.0693. The van der Waals surface area contributed by atoms with Crippen LogP contribution in [0.2, 0.25) is 0 Å².